The molecule has 1 N–H and O–H groups in total. The van der Waals surface area contributed by atoms with Crippen molar-refractivity contribution < 1.29 is 4.74 Å². The Bertz CT molecular complexity index is 543. The number of hydrogen-bond acceptors (Lipinski definition) is 3. The van der Waals surface area contributed by atoms with Crippen LogP contribution in [0, 0.1) is 6.92 Å². The molecule has 0 bridgehead atoms. The Morgan fingerprint density at radius 2 is 1.95 bits per heavy atom. The predicted octanol–water partition coefficient (Wildman–Crippen LogP) is 3.61. The summed E-state index contributed by atoms with van der Waals surface area (Å²) in [5, 5.41) is 7.86. The lowest BCUT2D eigenvalue weighted by Crippen LogP contribution is -2.08. The fourth-order valence-electron chi connectivity index (χ4n) is 2.13. The minimum Gasteiger partial charge on any atom is -0.491 e. The number of ether oxygens (including phenoxy) is 1. The van der Waals surface area contributed by atoms with Gasteiger partial charge in [0.2, 0.25) is 0 Å². The molecule has 0 unspecified atom stereocenters. The molecule has 0 saturated heterocycles. The minimum atomic E-state index is 0.204. The topological polar surface area (TPSA) is 39.1 Å². The highest BCUT2D eigenvalue weighted by molar-refractivity contribution is 5.46. The van der Waals surface area contributed by atoms with Crippen molar-refractivity contribution in [2.75, 3.05) is 5.32 Å². The van der Waals surface area contributed by atoms with Gasteiger partial charge in [-0.1, -0.05) is 0 Å². The highest BCUT2D eigenvalue weighted by atomic mass is 16.5. The van der Waals surface area contributed by atoms with E-state index in [0.29, 0.717) is 0 Å². The minimum absolute atomic E-state index is 0.204. The van der Waals surface area contributed by atoms with Crippen molar-refractivity contribution in [1.82, 2.24) is 9.78 Å². The summed E-state index contributed by atoms with van der Waals surface area (Å²) in [6, 6.07) is 10.2. The molecule has 2 aromatic rings. The van der Waals surface area contributed by atoms with E-state index in [1.54, 1.807) is 0 Å². The third-order valence-electron chi connectivity index (χ3n) is 2.98. The van der Waals surface area contributed by atoms with Crippen molar-refractivity contribution in [3.05, 3.63) is 41.7 Å². The maximum atomic E-state index is 5.63. The van der Waals surface area contributed by atoms with E-state index in [9.17, 15) is 0 Å². The van der Waals surface area contributed by atoms with Gasteiger partial charge in [0.05, 0.1) is 24.0 Å². The first-order valence-electron chi connectivity index (χ1n) is 7.12. The van der Waals surface area contributed by atoms with Gasteiger partial charge in [0.15, 0.2) is 0 Å². The van der Waals surface area contributed by atoms with Crippen LogP contribution >= 0.6 is 0 Å². The summed E-state index contributed by atoms with van der Waals surface area (Å²) in [7, 11) is 0. The third kappa shape index (κ3) is 3.76. The van der Waals surface area contributed by atoms with Gasteiger partial charge in [0, 0.05) is 12.2 Å². The highest BCUT2D eigenvalue weighted by Crippen LogP contribution is 2.17. The molecule has 0 aliphatic rings. The first-order valence-corrected chi connectivity index (χ1v) is 7.12. The molecule has 108 valence electrons. The first kappa shape index (κ1) is 14.4. The zero-order chi connectivity index (χ0) is 14.5. The zero-order valence-electron chi connectivity index (χ0n) is 12.7. The lowest BCUT2D eigenvalue weighted by atomic mass is 10.3. The van der Waals surface area contributed by atoms with Crippen molar-refractivity contribution in [2.45, 2.75) is 46.9 Å². The van der Waals surface area contributed by atoms with Gasteiger partial charge in [0.1, 0.15) is 5.75 Å². The fraction of sp³-hybridized carbons (Fsp3) is 0.438. The summed E-state index contributed by atoms with van der Waals surface area (Å²) in [5.41, 5.74) is 3.35. The Hall–Kier alpha value is -1.97. The van der Waals surface area contributed by atoms with Crippen molar-refractivity contribution in [1.29, 1.82) is 0 Å². The largest absolute Gasteiger partial charge is 0.491 e. The number of anilines is 1. The summed E-state index contributed by atoms with van der Waals surface area (Å²) in [6.45, 7) is 9.85. The predicted molar refractivity (Wildman–Crippen MR) is 82.2 cm³/mol. The SMILES string of the molecule is CCn1nc(C)cc1CNc1ccc(OC(C)C)cc1. The Labute approximate surface area is 120 Å². The summed E-state index contributed by atoms with van der Waals surface area (Å²) < 4.78 is 7.66. The molecule has 4 heteroatoms. The quantitative estimate of drug-likeness (QED) is 0.874. The number of aromatic nitrogens is 2. The summed E-state index contributed by atoms with van der Waals surface area (Å²) in [4.78, 5) is 0. The lowest BCUT2D eigenvalue weighted by Gasteiger charge is -2.11. The van der Waals surface area contributed by atoms with Crippen LogP contribution in [-0.4, -0.2) is 15.9 Å². The van der Waals surface area contributed by atoms with Crippen molar-refractivity contribution >= 4 is 5.69 Å². The van der Waals surface area contributed by atoms with Crippen LogP contribution in [0.2, 0.25) is 0 Å². The second-order valence-corrected chi connectivity index (χ2v) is 5.14. The van der Waals surface area contributed by atoms with Crippen molar-refractivity contribution in [2.24, 2.45) is 0 Å². The van der Waals surface area contributed by atoms with E-state index in [4.69, 9.17) is 4.74 Å². The van der Waals surface area contributed by atoms with Crippen LogP contribution in [0.1, 0.15) is 32.2 Å². The maximum absolute atomic E-state index is 5.63. The van der Waals surface area contributed by atoms with E-state index >= 15 is 0 Å². The van der Waals surface area contributed by atoms with Crippen LogP contribution in [0.25, 0.3) is 0 Å². The average molecular weight is 273 g/mol. The Balaban J connectivity index is 1.96. The van der Waals surface area contributed by atoms with E-state index in [2.05, 4.69) is 23.4 Å². The Morgan fingerprint density at radius 1 is 1.25 bits per heavy atom. The van der Waals surface area contributed by atoms with E-state index in [-0.39, 0.29) is 6.10 Å². The van der Waals surface area contributed by atoms with E-state index in [0.717, 1.165) is 30.2 Å². The Kier molecular flexibility index (Phi) is 4.66. The van der Waals surface area contributed by atoms with Crippen LogP contribution < -0.4 is 10.1 Å². The number of rotatable bonds is 6. The fourth-order valence-corrected chi connectivity index (χ4v) is 2.13. The van der Waals surface area contributed by atoms with Gasteiger partial charge in [-0.2, -0.15) is 5.10 Å². The van der Waals surface area contributed by atoms with Gasteiger partial charge in [-0.3, -0.25) is 4.68 Å². The van der Waals surface area contributed by atoms with Crippen LogP contribution in [0.3, 0.4) is 0 Å². The van der Waals surface area contributed by atoms with Gasteiger partial charge in [-0.15, -0.1) is 0 Å². The van der Waals surface area contributed by atoms with E-state index < -0.39 is 0 Å². The van der Waals surface area contributed by atoms with Crippen LogP contribution in [-0.2, 0) is 13.1 Å². The molecule has 0 fully saturated rings. The van der Waals surface area contributed by atoms with Crippen molar-refractivity contribution in [3.8, 4) is 5.75 Å². The van der Waals surface area contributed by atoms with Crippen LogP contribution in [0.5, 0.6) is 5.75 Å². The summed E-state index contributed by atoms with van der Waals surface area (Å²) in [5.74, 6) is 0.903. The molecule has 0 radical (unpaired) electrons. The molecule has 1 aromatic carbocycles. The lowest BCUT2D eigenvalue weighted by molar-refractivity contribution is 0.242. The normalized spacial score (nSPS) is 10.8. The third-order valence-corrected chi connectivity index (χ3v) is 2.98. The molecule has 0 saturated carbocycles. The van der Waals surface area contributed by atoms with Gasteiger partial charge in [-0.25, -0.2) is 0 Å². The van der Waals surface area contributed by atoms with E-state index in [1.807, 2.05) is 49.7 Å². The standard InChI is InChI=1S/C16H23N3O/c1-5-19-15(10-13(4)18-19)11-17-14-6-8-16(9-7-14)20-12(2)3/h6-10,12,17H,5,11H2,1-4H3. The molecule has 20 heavy (non-hydrogen) atoms. The molecule has 0 atom stereocenters. The molecule has 0 spiro atoms. The first-order chi connectivity index (χ1) is 9.58. The van der Waals surface area contributed by atoms with Crippen LogP contribution in [0.4, 0.5) is 5.69 Å². The van der Waals surface area contributed by atoms with Crippen molar-refractivity contribution in [3.63, 3.8) is 0 Å². The smallest absolute Gasteiger partial charge is 0.119 e. The summed E-state index contributed by atoms with van der Waals surface area (Å²) in [6.07, 6.45) is 0.204. The molecular weight excluding hydrogens is 250 g/mol. The highest BCUT2D eigenvalue weighted by Gasteiger charge is 2.04. The maximum Gasteiger partial charge on any atom is 0.119 e. The second kappa shape index (κ2) is 6.46. The monoisotopic (exact) mass is 273 g/mol. The summed E-state index contributed by atoms with van der Waals surface area (Å²) >= 11 is 0. The van der Waals surface area contributed by atoms with Crippen LogP contribution in [0.15, 0.2) is 30.3 Å². The average Bonchev–Trinajstić information content (AvgIpc) is 2.78. The van der Waals surface area contributed by atoms with Gasteiger partial charge in [-0.05, 0) is 58.0 Å². The van der Waals surface area contributed by atoms with Gasteiger partial charge >= 0.3 is 0 Å². The number of hydrogen-bond donors (Lipinski definition) is 1. The Morgan fingerprint density at radius 3 is 2.55 bits per heavy atom. The van der Waals surface area contributed by atoms with Gasteiger partial charge in [0.25, 0.3) is 0 Å². The number of nitrogens with one attached hydrogen (secondary N) is 1. The second-order valence-electron chi connectivity index (χ2n) is 5.14. The number of aryl methyl sites for hydroxylation is 2. The molecule has 0 amide bonds. The molecule has 2 rings (SSSR count). The van der Waals surface area contributed by atoms with E-state index in [1.165, 1.54) is 5.69 Å². The molecule has 1 aromatic heterocycles. The molecule has 1 heterocycles. The molecule has 4 nitrogen and oxygen atoms in total. The number of nitrogens with zero attached hydrogens (tertiary/aromatic N) is 2. The molecule has 0 aliphatic carbocycles. The van der Waals surface area contributed by atoms with Gasteiger partial charge < -0.3 is 10.1 Å². The molecular formula is C16H23N3O. The molecule has 0 aliphatic heterocycles. The zero-order valence-corrected chi connectivity index (χ0v) is 12.7. The number of benzene rings is 1.